The topological polar surface area (TPSA) is 85.2 Å². The summed E-state index contributed by atoms with van der Waals surface area (Å²) in [4.78, 5) is 25.1. The third-order valence-electron chi connectivity index (χ3n) is 1.84. The number of anilines is 1. The highest BCUT2D eigenvalue weighted by atomic mass is 16.6. The number of ether oxygens (including phenoxy) is 1. The van der Waals surface area contributed by atoms with Crippen LogP contribution in [0.1, 0.15) is 26.3 Å². The second kappa shape index (κ2) is 4.38. The summed E-state index contributed by atoms with van der Waals surface area (Å²) in [5.74, 6) is -0.398. The van der Waals surface area contributed by atoms with Gasteiger partial charge < -0.3 is 15.5 Å². The fourth-order valence-electron chi connectivity index (χ4n) is 1.22. The number of carbonyl (C=O) groups excluding carboxylic acids is 1. The van der Waals surface area contributed by atoms with Crippen molar-refractivity contribution in [2.75, 3.05) is 5.73 Å². The Balaban J connectivity index is 2.78. The lowest BCUT2D eigenvalue weighted by molar-refractivity contribution is -0.153. The van der Waals surface area contributed by atoms with Crippen LogP contribution in [0.2, 0.25) is 0 Å². The van der Waals surface area contributed by atoms with E-state index >= 15 is 0 Å². The van der Waals surface area contributed by atoms with Crippen LogP contribution in [-0.2, 0) is 16.0 Å². The van der Waals surface area contributed by atoms with Gasteiger partial charge in [0, 0.05) is 6.20 Å². The van der Waals surface area contributed by atoms with E-state index in [-0.39, 0.29) is 17.7 Å². The fourth-order valence-corrected chi connectivity index (χ4v) is 1.22. The van der Waals surface area contributed by atoms with Gasteiger partial charge in [-0.1, -0.05) is 0 Å². The molecule has 1 heterocycles. The van der Waals surface area contributed by atoms with E-state index in [4.69, 9.17) is 10.5 Å². The van der Waals surface area contributed by atoms with E-state index in [1.807, 2.05) is 0 Å². The summed E-state index contributed by atoms with van der Waals surface area (Å²) in [5, 5.41) is 0. The van der Waals surface area contributed by atoms with Crippen LogP contribution in [0.25, 0.3) is 0 Å². The highest BCUT2D eigenvalue weighted by Gasteiger charge is 2.17. The zero-order valence-electron chi connectivity index (χ0n) is 9.66. The second-order valence-electron chi connectivity index (χ2n) is 4.51. The molecule has 0 aliphatic heterocycles. The maximum absolute atomic E-state index is 11.5. The van der Waals surface area contributed by atoms with Crippen molar-refractivity contribution in [3.63, 3.8) is 0 Å². The molecular formula is C11H16N2O3. The average Bonchev–Trinajstić information content (AvgIpc) is 2.09. The van der Waals surface area contributed by atoms with Crippen molar-refractivity contribution in [1.29, 1.82) is 0 Å². The molecular weight excluding hydrogens is 208 g/mol. The minimum Gasteiger partial charge on any atom is -0.460 e. The predicted octanol–water partition coefficient (Wildman–Crippen LogP) is 0.841. The van der Waals surface area contributed by atoms with Crippen LogP contribution in [0, 0.1) is 0 Å². The van der Waals surface area contributed by atoms with Crippen molar-refractivity contribution in [2.45, 2.75) is 32.8 Å². The number of hydrogen-bond acceptors (Lipinski definition) is 4. The standard InChI is InChI=1S/C11H16N2O3/c1-11(2,3)16-8(14)6-7-4-5-13-10(15)9(7)12/h4-5H,6,12H2,1-3H3,(H,13,15). The summed E-state index contributed by atoms with van der Waals surface area (Å²) < 4.78 is 5.13. The number of pyridine rings is 1. The van der Waals surface area contributed by atoms with E-state index in [1.165, 1.54) is 6.20 Å². The van der Waals surface area contributed by atoms with Gasteiger partial charge in [0.05, 0.1) is 6.42 Å². The lowest BCUT2D eigenvalue weighted by Crippen LogP contribution is -2.25. The molecule has 16 heavy (non-hydrogen) atoms. The zero-order valence-corrected chi connectivity index (χ0v) is 9.66. The smallest absolute Gasteiger partial charge is 0.310 e. The Morgan fingerprint density at radius 3 is 2.69 bits per heavy atom. The predicted molar refractivity (Wildman–Crippen MR) is 61.0 cm³/mol. The van der Waals surface area contributed by atoms with Crippen LogP contribution in [0.3, 0.4) is 0 Å². The first-order valence-electron chi connectivity index (χ1n) is 4.97. The number of aromatic nitrogens is 1. The van der Waals surface area contributed by atoms with Gasteiger partial charge >= 0.3 is 5.97 Å². The van der Waals surface area contributed by atoms with Crippen LogP contribution in [0.4, 0.5) is 5.69 Å². The fraction of sp³-hybridized carbons (Fsp3) is 0.455. The molecule has 0 radical (unpaired) electrons. The Morgan fingerprint density at radius 2 is 2.12 bits per heavy atom. The zero-order chi connectivity index (χ0) is 12.3. The van der Waals surface area contributed by atoms with Gasteiger partial charge in [-0.25, -0.2) is 0 Å². The molecule has 5 heteroatoms. The first kappa shape index (κ1) is 12.3. The molecule has 0 aromatic carbocycles. The minimum atomic E-state index is -0.535. The van der Waals surface area contributed by atoms with Gasteiger partial charge in [-0.05, 0) is 32.4 Å². The first-order valence-corrected chi connectivity index (χ1v) is 4.97. The minimum absolute atomic E-state index is 0.00697. The molecule has 0 bridgehead atoms. The average molecular weight is 224 g/mol. The maximum Gasteiger partial charge on any atom is 0.310 e. The van der Waals surface area contributed by atoms with E-state index < -0.39 is 11.6 Å². The quantitative estimate of drug-likeness (QED) is 0.729. The Hall–Kier alpha value is -1.78. The molecule has 88 valence electrons. The van der Waals surface area contributed by atoms with Crippen LogP contribution < -0.4 is 11.3 Å². The lowest BCUT2D eigenvalue weighted by Gasteiger charge is -2.19. The van der Waals surface area contributed by atoms with Gasteiger partial charge in [-0.3, -0.25) is 9.59 Å². The number of rotatable bonds is 2. The van der Waals surface area contributed by atoms with Gasteiger partial charge in [-0.2, -0.15) is 0 Å². The number of esters is 1. The maximum atomic E-state index is 11.5. The normalized spacial score (nSPS) is 11.2. The first-order chi connectivity index (χ1) is 7.29. The SMILES string of the molecule is CC(C)(C)OC(=O)Cc1cc[nH]c(=O)c1N. The number of aromatic amines is 1. The molecule has 0 amide bonds. The van der Waals surface area contributed by atoms with Crippen molar-refractivity contribution < 1.29 is 9.53 Å². The van der Waals surface area contributed by atoms with E-state index in [1.54, 1.807) is 26.8 Å². The molecule has 0 unspecified atom stereocenters. The Kier molecular flexibility index (Phi) is 3.37. The number of nitrogens with two attached hydrogens (primary N) is 1. The lowest BCUT2D eigenvalue weighted by atomic mass is 10.1. The molecule has 5 nitrogen and oxygen atoms in total. The van der Waals surface area contributed by atoms with E-state index in [2.05, 4.69) is 4.98 Å². The number of H-pyrrole nitrogens is 1. The number of nitrogens with one attached hydrogen (secondary N) is 1. The van der Waals surface area contributed by atoms with Gasteiger partial charge in [0.25, 0.3) is 5.56 Å². The Bertz CT molecular complexity index is 443. The van der Waals surface area contributed by atoms with E-state index in [9.17, 15) is 9.59 Å². The number of hydrogen-bond donors (Lipinski definition) is 2. The third kappa shape index (κ3) is 3.42. The molecule has 0 spiro atoms. The second-order valence-corrected chi connectivity index (χ2v) is 4.51. The Morgan fingerprint density at radius 1 is 1.50 bits per heavy atom. The molecule has 0 aliphatic carbocycles. The number of carbonyl (C=O) groups is 1. The Labute approximate surface area is 93.6 Å². The van der Waals surface area contributed by atoms with Crippen molar-refractivity contribution in [1.82, 2.24) is 4.98 Å². The van der Waals surface area contributed by atoms with Crippen molar-refractivity contribution >= 4 is 11.7 Å². The van der Waals surface area contributed by atoms with Crippen LogP contribution in [-0.4, -0.2) is 16.6 Å². The van der Waals surface area contributed by atoms with Gasteiger partial charge in [0.2, 0.25) is 0 Å². The van der Waals surface area contributed by atoms with Crippen molar-refractivity contribution in [3.8, 4) is 0 Å². The summed E-state index contributed by atoms with van der Waals surface area (Å²) in [6.45, 7) is 5.35. The molecule has 0 fully saturated rings. The molecule has 3 N–H and O–H groups in total. The summed E-state index contributed by atoms with van der Waals surface area (Å²) in [6, 6.07) is 1.60. The van der Waals surface area contributed by atoms with Crippen LogP contribution in [0.15, 0.2) is 17.1 Å². The summed E-state index contributed by atoms with van der Waals surface area (Å²) in [6.07, 6.45) is 1.46. The van der Waals surface area contributed by atoms with Crippen molar-refractivity contribution in [2.24, 2.45) is 0 Å². The molecule has 1 aromatic rings. The summed E-state index contributed by atoms with van der Waals surface area (Å²) in [5.41, 5.74) is 5.17. The molecule has 0 aliphatic rings. The molecule has 0 saturated carbocycles. The van der Waals surface area contributed by atoms with Gasteiger partial charge in [-0.15, -0.1) is 0 Å². The number of nitrogen functional groups attached to an aromatic ring is 1. The van der Waals surface area contributed by atoms with Gasteiger partial charge in [0.1, 0.15) is 11.3 Å². The summed E-state index contributed by atoms with van der Waals surface area (Å²) in [7, 11) is 0. The highest BCUT2D eigenvalue weighted by Crippen LogP contribution is 2.11. The van der Waals surface area contributed by atoms with E-state index in [0.29, 0.717) is 5.56 Å². The monoisotopic (exact) mass is 224 g/mol. The van der Waals surface area contributed by atoms with Gasteiger partial charge in [0.15, 0.2) is 0 Å². The van der Waals surface area contributed by atoms with Crippen LogP contribution >= 0.6 is 0 Å². The molecule has 0 saturated heterocycles. The molecule has 1 aromatic heterocycles. The van der Waals surface area contributed by atoms with E-state index in [0.717, 1.165) is 0 Å². The third-order valence-corrected chi connectivity index (χ3v) is 1.84. The highest BCUT2D eigenvalue weighted by molar-refractivity contribution is 5.74. The molecule has 0 atom stereocenters. The summed E-state index contributed by atoms with van der Waals surface area (Å²) >= 11 is 0. The molecule has 1 rings (SSSR count). The van der Waals surface area contributed by atoms with Crippen molar-refractivity contribution in [3.05, 3.63) is 28.2 Å². The largest absolute Gasteiger partial charge is 0.460 e. The van der Waals surface area contributed by atoms with Crippen LogP contribution in [0.5, 0.6) is 0 Å².